The van der Waals surface area contributed by atoms with Gasteiger partial charge in [-0.25, -0.2) is 0 Å². The van der Waals surface area contributed by atoms with Crippen molar-refractivity contribution in [2.75, 3.05) is 9.80 Å². The molecule has 6 aromatic carbocycles. The maximum absolute atomic E-state index is 2.64. The molecule has 12 rings (SSSR count). The first-order valence-electron chi connectivity index (χ1n) is 23.1. The van der Waals surface area contributed by atoms with Crippen LogP contribution in [0.4, 0.5) is 11.4 Å². The third-order valence-electron chi connectivity index (χ3n) is 13.9. The van der Waals surface area contributed by atoms with Gasteiger partial charge in [0.15, 0.2) is 0 Å². The van der Waals surface area contributed by atoms with Crippen LogP contribution < -0.4 is 9.80 Å². The van der Waals surface area contributed by atoms with E-state index in [1.165, 1.54) is 89.0 Å². The number of para-hydroxylation sites is 1. The largest absolute Gasteiger partial charge is 0.337 e. The van der Waals surface area contributed by atoms with Gasteiger partial charge in [0.25, 0.3) is 0 Å². The summed E-state index contributed by atoms with van der Waals surface area (Å²) in [5.74, 6) is 0.869. The molecule has 2 nitrogen and oxygen atoms in total. The average Bonchev–Trinajstić information content (AvgIpc) is 3.69. The summed E-state index contributed by atoms with van der Waals surface area (Å²) in [5, 5.41) is 5.19. The van der Waals surface area contributed by atoms with Gasteiger partial charge in [0, 0.05) is 46.2 Å². The Kier molecular flexibility index (Phi) is 9.79. The van der Waals surface area contributed by atoms with Crippen molar-refractivity contribution < 1.29 is 0 Å². The highest BCUT2D eigenvalue weighted by molar-refractivity contribution is 6.19. The Bertz CT molecular complexity index is 3180. The molecule has 308 valence electrons. The van der Waals surface area contributed by atoms with E-state index in [1.54, 1.807) is 0 Å². The zero-order valence-corrected chi connectivity index (χ0v) is 36.0. The molecular weight excluding hydrogens is 773 g/mol. The molecule has 6 aliphatic rings. The summed E-state index contributed by atoms with van der Waals surface area (Å²) in [6, 6.07) is 46.9. The van der Waals surface area contributed by atoms with Crippen LogP contribution in [0.25, 0.3) is 44.3 Å². The molecule has 0 saturated carbocycles. The van der Waals surface area contributed by atoms with Crippen molar-refractivity contribution in [2.24, 2.45) is 11.8 Å². The van der Waals surface area contributed by atoms with Gasteiger partial charge in [-0.15, -0.1) is 0 Å². The lowest BCUT2D eigenvalue weighted by Gasteiger charge is -2.36. The van der Waals surface area contributed by atoms with Crippen molar-refractivity contribution in [1.82, 2.24) is 0 Å². The fraction of sp³-hybridized carbons (Fsp3) is 0.129. The number of benzene rings is 6. The third kappa shape index (κ3) is 6.82. The van der Waals surface area contributed by atoms with Gasteiger partial charge in [-0.1, -0.05) is 188 Å². The SMILES string of the molecule is C1=CCCC(N2c3cc(/C=C/C4=CC5C=CC(c6c(-c7ccccc7)c7ccccc7c7ccccc67)=CC5C=C4)ccc3C3C=CC(N(C4=CCCC=C4)c4ccccc4)=CC32)=C1. The van der Waals surface area contributed by atoms with E-state index in [0.29, 0.717) is 5.92 Å². The van der Waals surface area contributed by atoms with Gasteiger partial charge < -0.3 is 9.80 Å². The zero-order chi connectivity index (χ0) is 42.4. The highest BCUT2D eigenvalue weighted by atomic mass is 15.2. The minimum Gasteiger partial charge on any atom is -0.337 e. The lowest BCUT2D eigenvalue weighted by atomic mass is 9.77. The Morgan fingerprint density at radius 1 is 0.562 bits per heavy atom. The van der Waals surface area contributed by atoms with Gasteiger partial charge in [0.2, 0.25) is 0 Å². The molecule has 0 saturated heterocycles. The molecule has 2 heteroatoms. The van der Waals surface area contributed by atoms with Gasteiger partial charge in [-0.2, -0.15) is 0 Å². The smallest absolute Gasteiger partial charge is 0.0646 e. The average molecular weight is 823 g/mol. The summed E-state index contributed by atoms with van der Waals surface area (Å²) in [7, 11) is 0. The molecule has 6 aromatic rings. The van der Waals surface area contributed by atoms with E-state index in [4.69, 9.17) is 0 Å². The highest BCUT2D eigenvalue weighted by Crippen LogP contribution is 2.49. The predicted molar refractivity (Wildman–Crippen MR) is 272 cm³/mol. The predicted octanol–water partition coefficient (Wildman–Crippen LogP) is 15.8. The first-order valence-corrected chi connectivity index (χ1v) is 23.1. The molecule has 0 amide bonds. The van der Waals surface area contributed by atoms with E-state index in [0.717, 1.165) is 25.7 Å². The Balaban J connectivity index is 0.848. The summed E-state index contributed by atoms with van der Waals surface area (Å²) in [5.41, 5.74) is 15.4. The topological polar surface area (TPSA) is 6.48 Å². The van der Waals surface area contributed by atoms with E-state index in [9.17, 15) is 0 Å². The third-order valence-corrected chi connectivity index (χ3v) is 13.9. The Hall–Kier alpha value is -7.42. The summed E-state index contributed by atoms with van der Waals surface area (Å²) in [4.78, 5) is 5.08. The Morgan fingerprint density at radius 2 is 1.30 bits per heavy atom. The molecule has 0 N–H and O–H groups in total. The van der Waals surface area contributed by atoms with Gasteiger partial charge >= 0.3 is 0 Å². The van der Waals surface area contributed by atoms with Crippen molar-refractivity contribution in [3.8, 4) is 11.1 Å². The van der Waals surface area contributed by atoms with Crippen LogP contribution in [0.15, 0.2) is 247 Å². The van der Waals surface area contributed by atoms with Gasteiger partial charge in [-0.05, 0) is 129 Å². The van der Waals surface area contributed by atoms with E-state index in [1.807, 2.05) is 0 Å². The van der Waals surface area contributed by atoms with Crippen LogP contribution in [0, 0.1) is 11.8 Å². The van der Waals surface area contributed by atoms with E-state index in [2.05, 4.69) is 240 Å². The summed E-state index contributed by atoms with van der Waals surface area (Å²) < 4.78 is 0. The first kappa shape index (κ1) is 38.3. The Labute approximate surface area is 377 Å². The molecule has 0 spiro atoms. The number of hydrogen-bond donors (Lipinski definition) is 0. The van der Waals surface area contributed by atoms with Crippen LogP contribution >= 0.6 is 0 Å². The minimum absolute atomic E-state index is 0.194. The number of hydrogen-bond acceptors (Lipinski definition) is 2. The molecule has 5 aliphatic carbocycles. The number of rotatable bonds is 8. The minimum atomic E-state index is 0.194. The van der Waals surface area contributed by atoms with Gasteiger partial charge in [0.1, 0.15) is 0 Å². The zero-order valence-electron chi connectivity index (χ0n) is 36.0. The van der Waals surface area contributed by atoms with Crippen molar-refractivity contribution in [2.45, 2.75) is 37.6 Å². The van der Waals surface area contributed by atoms with Crippen LogP contribution in [0.3, 0.4) is 0 Å². The lowest BCUT2D eigenvalue weighted by molar-refractivity contribution is 0.659. The molecule has 0 radical (unpaired) electrons. The first-order chi connectivity index (χ1) is 31.7. The van der Waals surface area contributed by atoms with E-state index in [-0.39, 0.29) is 17.9 Å². The van der Waals surface area contributed by atoms with E-state index < -0.39 is 0 Å². The maximum atomic E-state index is 2.64. The standard InChI is InChI=1S/C62H50N2/c1-5-17-45(18-6-1)61-57-27-15-13-25-53(57)54-26-14-16-28-58(54)62(61)48-35-34-46-39-43(31-33-47(46)41-48)29-30-44-32-37-55-56-38-36-52(42-60(56)64(59(55)40-44)51-23-11-4-12-24-51)63(49-19-7-2-8-20-49)50-21-9-3-10-22-50/h1-2,4-9,11,13-23,25-42,46-47,56,60H,3,10,12,24H2/b30-29+. The Morgan fingerprint density at radius 3 is 2.06 bits per heavy atom. The van der Waals surface area contributed by atoms with Crippen molar-refractivity contribution in [3.05, 3.63) is 264 Å². The number of anilines is 2. The monoisotopic (exact) mass is 822 g/mol. The fourth-order valence-corrected chi connectivity index (χ4v) is 10.9. The second-order valence-electron chi connectivity index (χ2n) is 17.8. The quantitative estimate of drug-likeness (QED) is 0.141. The fourth-order valence-electron chi connectivity index (χ4n) is 10.9. The van der Waals surface area contributed by atoms with Crippen LogP contribution in [0.5, 0.6) is 0 Å². The molecule has 0 bridgehead atoms. The van der Waals surface area contributed by atoms with Crippen LogP contribution in [0.2, 0.25) is 0 Å². The molecule has 1 heterocycles. The maximum Gasteiger partial charge on any atom is 0.0646 e. The van der Waals surface area contributed by atoms with Crippen molar-refractivity contribution in [1.29, 1.82) is 0 Å². The van der Waals surface area contributed by atoms with Crippen molar-refractivity contribution >= 4 is 44.6 Å². The number of allylic oxidation sites excluding steroid dienone is 17. The molecule has 1 aliphatic heterocycles. The second kappa shape index (κ2) is 16.4. The molecule has 0 aromatic heterocycles. The summed E-state index contributed by atoms with van der Waals surface area (Å²) in [6.45, 7) is 0. The molecule has 0 fully saturated rings. The molecule has 64 heavy (non-hydrogen) atoms. The van der Waals surface area contributed by atoms with Crippen LogP contribution in [0.1, 0.15) is 48.3 Å². The van der Waals surface area contributed by atoms with Crippen LogP contribution in [-0.4, -0.2) is 6.04 Å². The van der Waals surface area contributed by atoms with Crippen LogP contribution in [-0.2, 0) is 0 Å². The van der Waals surface area contributed by atoms with Gasteiger partial charge in [0.05, 0.1) is 6.04 Å². The van der Waals surface area contributed by atoms with Crippen molar-refractivity contribution in [3.63, 3.8) is 0 Å². The van der Waals surface area contributed by atoms with Gasteiger partial charge in [-0.3, -0.25) is 0 Å². The highest BCUT2D eigenvalue weighted by Gasteiger charge is 2.40. The lowest BCUT2D eigenvalue weighted by Crippen LogP contribution is -2.35. The molecule has 4 atom stereocenters. The summed E-state index contributed by atoms with van der Waals surface area (Å²) in [6.07, 6.45) is 44.5. The second-order valence-corrected chi connectivity index (χ2v) is 17.8. The number of fused-ring (bicyclic) bond motifs is 7. The molecule has 4 unspecified atom stereocenters. The number of nitrogens with zero attached hydrogens (tertiary/aromatic N) is 2. The molecular formula is C62H50N2. The van der Waals surface area contributed by atoms with E-state index >= 15 is 0 Å². The summed E-state index contributed by atoms with van der Waals surface area (Å²) >= 11 is 0. The normalized spacial score (nSPS) is 21.9.